The van der Waals surface area contributed by atoms with Crippen LogP contribution in [0.2, 0.25) is 0 Å². The van der Waals surface area contributed by atoms with Gasteiger partial charge in [0.1, 0.15) is 5.75 Å². The molecule has 1 heterocycles. The summed E-state index contributed by atoms with van der Waals surface area (Å²) in [4.78, 5) is 12.0. The number of Topliss-reactive ketones (excluding diaryl/α,β-unsaturated/α-hetero) is 1. The third-order valence-electron chi connectivity index (χ3n) is 3.09. The molecule has 0 N–H and O–H groups in total. The maximum absolute atomic E-state index is 12.0. The topological polar surface area (TPSA) is 55.0 Å². The van der Waals surface area contributed by atoms with E-state index in [1.807, 2.05) is 31.7 Å². The number of aromatic nitrogens is 1. The molecule has 0 radical (unpaired) electrons. The van der Waals surface area contributed by atoms with Gasteiger partial charge in [-0.15, -0.1) is 0 Å². The van der Waals surface area contributed by atoms with Gasteiger partial charge in [-0.3, -0.25) is 4.79 Å². The van der Waals surface area contributed by atoms with Crippen molar-refractivity contribution < 1.29 is 9.53 Å². The molecule has 0 unspecified atom stereocenters. The maximum Gasteiger partial charge on any atom is 0.201 e. The van der Waals surface area contributed by atoms with E-state index in [4.69, 9.17) is 10.00 Å². The summed E-state index contributed by atoms with van der Waals surface area (Å²) in [5.41, 5.74) is 2.96. The number of carbonyl (C=O) groups is 1. The largest absolute Gasteiger partial charge is 0.485 e. The molecule has 4 nitrogen and oxygen atoms in total. The fourth-order valence-corrected chi connectivity index (χ4v) is 2.13. The van der Waals surface area contributed by atoms with Crippen LogP contribution in [0.3, 0.4) is 0 Å². The van der Waals surface area contributed by atoms with Crippen molar-refractivity contribution >= 4 is 5.78 Å². The van der Waals surface area contributed by atoms with Crippen molar-refractivity contribution in [3.8, 4) is 11.8 Å². The van der Waals surface area contributed by atoms with Gasteiger partial charge < -0.3 is 9.30 Å². The summed E-state index contributed by atoms with van der Waals surface area (Å²) < 4.78 is 7.45. The molecule has 0 aliphatic rings. The number of benzene rings is 1. The summed E-state index contributed by atoms with van der Waals surface area (Å²) in [6.07, 6.45) is 3.59. The molecule has 0 bridgehead atoms. The fourth-order valence-electron chi connectivity index (χ4n) is 2.13. The molecule has 0 saturated heterocycles. The van der Waals surface area contributed by atoms with Crippen LogP contribution in [0, 0.1) is 25.2 Å². The SMILES string of the molecule is Cc1cc(C#N)cc(C)c1OCC(=O)c1ccn(C)c1. The molecule has 0 spiro atoms. The van der Waals surface area contributed by atoms with Crippen LogP contribution in [0.15, 0.2) is 30.6 Å². The van der Waals surface area contributed by atoms with Crippen LogP contribution in [-0.4, -0.2) is 17.0 Å². The number of hydrogen-bond donors (Lipinski definition) is 0. The molecule has 0 atom stereocenters. The number of nitrogens with zero attached hydrogens (tertiary/aromatic N) is 2. The fraction of sp³-hybridized carbons (Fsp3) is 0.250. The van der Waals surface area contributed by atoms with Gasteiger partial charge in [-0.25, -0.2) is 0 Å². The van der Waals surface area contributed by atoms with Crippen LogP contribution < -0.4 is 4.74 Å². The zero-order valence-electron chi connectivity index (χ0n) is 11.8. The second-order valence-electron chi connectivity index (χ2n) is 4.83. The first-order chi connectivity index (χ1) is 9.51. The summed E-state index contributed by atoms with van der Waals surface area (Å²) in [7, 11) is 1.87. The Morgan fingerprint density at radius 3 is 2.50 bits per heavy atom. The highest BCUT2D eigenvalue weighted by Crippen LogP contribution is 2.24. The molecule has 2 aromatic rings. The van der Waals surface area contributed by atoms with E-state index in [9.17, 15) is 4.79 Å². The lowest BCUT2D eigenvalue weighted by atomic mass is 10.1. The summed E-state index contributed by atoms with van der Waals surface area (Å²) in [6.45, 7) is 3.74. The van der Waals surface area contributed by atoms with Gasteiger partial charge in [0.15, 0.2) is 6.61 Å². The van der Waals surface area contributed by atoms with Crippen LogP contribution in [0.5, 0.6) is 5.75 Å². The first-order valence-electron chi connectivity index (χ1n) is 6.30. The van der Waals surface area contributed by atoms with E-state index in [0.29, 0.717) is 16.9 Å². The summed E-state index contributed by atoms with van der Waals surface area (Å²) in [6, 6.07) is 7.39. The molecule has 0 aliphatic carbocycles. The lowest BCUT2D eigenvalue weighted by molar-refractivity contribution is 0.0920. The number of hydrogen-bond acceptors (Lipinski definition) is 3. The minimum absolute atomic E-state index is 0.00239. The minimum atomic E-state index is -0.0613. The second kappa shape index (κ2) is 5.62. The number of aryl methyl sites for hydroxylation is 3. The Hall–Kier alpha value is -2.54. The van der Waals surface area contributed by atoms with Crippen molar-refractivity contribution in [2.24, 2.45) is 7.05 Å². The van der Waals surface area contributed by atoms with Gasteiger partial charge in [0.2, 0.25) is 5.78 Å². The van der Waals surface area contributed by atoms with Gasteiger partial charge in [-0.2, -0.15) is 5.26 Å². The van der Waals surface area contributed by atoms with E-state index in [0.717, 1.165) is 11.1 Å². The molecule has 0 aliphatic heterocycles. The Bertz CT molecular complexity index is 670. The van der Waals surface area contributed by atoms with Crippen LogP contribution in [-0.2, 0) is 7.05 Å². The molecule has 1 aromatic heterocycles. The molecule has 102 valence electrons. The van der Waals surface area contributed by atoms with E-state index in [1.54, 1.807) is 24.4 Å². The van der Waals surface area contributed by atoms with Gasteiger partial charge in [0.05, 0.1) is 11.6 Å². The zero-order chi connectivity index (χ0) is 14.7. The zero-order valence-corrected chi connectivity index (χ0v) is 11.8. The van der Waals surface area contributed by atoms with E-state index in [1.165, 1.54) is 0 Å². The predicted octanol–water partition coefficient (Wildman–Crippen LogP) is 2.78. The molecule has 4 heteroatoms. The Labute approximate surface area is 118 Å². The van der Waals surface area contributed by atoms with Crippen molar-refractivity contribution in [2.45, 2.75) is 13.8 Å². The van der Waals surface area contributed by atoms with Crippen molar-refractivity contribution in [3.63, 3.8) is 0 Å². The summed E-state index contributed by atoms with van der Waals surface area (Å²) in [5, 5.41) is 8.90. The third-order valence-corrected chi connectivity index (χ3v) is 3.09. The number of rotatable bonds is 4. The number of nitriles is 1. The van der Waals surface area contributed by atoms with Gasteiger partial charge in [0, 0.05) is 25.0 Å². The molecule has 0 fully saturated rings. The standard InChI is InChI=1S/C16H16N2O2/c1-11-6-13(8-17)7-12(2)16(11)20-10-15(19)14-4-5-18(3)9-14/h4-7,9H,10H2,1-3H3. The van der Waals surface area contributed by atoms with Crippen LogP contribution in [0.25, 0.3) is 0 Å². The Kier molecular flexibility index (Phi) is 3.90. The smallest absolute Gasteiger partial charge is 0.201 e. The lowest BCUT2D eigenvalue weighted by Gasteiger charge is -2.11. The van der Waals surface area contributed by atoms with E-state index in [2.05, 4.69) is 6.07 Å². The summed E-state index contributed by atoms with van der Waals surface area (Å²) in [5.74, 6) is 0.613. The Morgan fingerprint density at radius 1 is 1.35 bits per heavy atom. The predicted molar refractivity (Wildman–Crippen MR) is 75.9 cm³/mol. The lowest BCUT2D eigenvalue weighted by Crippen LogP contribution is -2.12. The number of ether oxygens (including phenoxy) is 1. The van der Waals surface area contributed by atoms with Gasteiger partial charge in [-0.1, -0.05) is 0 Å². The average Bonchev–Trinajstić information content (AvgIpc) is 2.84. The van der Waals surface area contributed by atoms with Gasteiger partial charge in [0.25, 0.3) is 0 Å². The van der Waals surface area contributed by atoms with Crippen LogP contribution in [0.4, 0.5) is 0 Å². The highest BCUT2D eigenvalue weighted by molar-refractivity contribution is 5.97. The normalized spacial score (nSPS) is 10.1. The first kappa shape index (κ1) is 13.9. The maximum atomic E-state index is 12.0. The van der Waals surface area contributed by atoms with E-state index < -0.39 is 0 Å². The molecular weight excluding hydrogens is 252 g/mol. The van der Waals surface area contributed by atoms with Crippen molar-refractivity contribution in [1.82, 2.24) is 4.57 Å². The van der Waals surface area contributed by atoms with Crippen molar-refractivity contribution in [1.29, 1.82) is 5.26 Å². The van der Waals surface area contributed by atoms with E-state index in [-0.39, 0.29) is 12.4 Å². The molecule has 0 saturated carbocycles. The second-order valence-corrected chi connectivity index (χ2v) is 4.83. The minimum Gasteiger partial charge on any atom is -0.485 e. The van der Waals surface area contributed by atoms with Gasteiger partial charge >= 0.3 is 0 Å². The first-order valence-corrected chi connectivity index (χ1v) is 6.30. The highest BCUT2D eigenvalue weighted by atomic mass is 16.5. The number of carbonyl (C=O) groups excluding carboxylic acids is 1. The monoisotopic (exact) mass is 268 g/mol. The third kappa shape index (κ3) is 2.89. The Morgan fingerprint density at radius 2 is 2.00 bits per heavy atom. The van der Waals surface area contributed by atoms with Crippen LogP contribution >= 0.6 is 0 Å². The molecule has 0 amide bonds. The highest BCUT2D eigenvalue weighted by Gasteiger charge is 2.11. The molecule has 1 aromatic carbocycles. The molecule has 2 rings (SSSR count). The molecule has 20 heavy (non-hydrogen) atoms. The van der Waals surface area contributed by atoms with Crippen molar-refractivity contribution in [2.75, 3.05) is 6.61 Å². The van der Waals surface area contributed by atoms with Gasteiger partial charge in [-0.05, 0) is 43.2 Å². The summed E-state index contributed by atoms with van der Waals surface area (Å²) >= 11 is 0. The average molecular weight is 268 g/mol. The quantitative estimate of drug-likeness (QED) is 0.801. The molecular formula is C16H16N2O2. The Balaban J connectivity index is 2.12. The van der Waals surface area contributed by atoms with Crippen molar-refractivity contribution in [3.05, 3.63) is 52.8 Å². The van der Waals surface area contributed by atoms with Crippen LogP contribution in [0.1, 0.15) is 27.0 Å². The van der Waals surface area contributed by atoms with E-state index >= 15 is 0 Å². The number of ketones is 1.